The van der Waals surface area contributed by atoms with Gasteiger partial charge in [0, 0.05) is 54.2 Å². The Bertz CT molecular complexity index is 2100. The van der Waals surface area contributed by atoms with Crippen LogP contribution in [0.3, 0.4) is 0 Å². The molecule has 7 rings (SSSR count). The molecule has 6 atom stereocenters. The van der Waals surface area contributed by atoms with E-state index in [2.05, 4.69) is 15.0 Å². The summed E-state index contributed by atoms with van der Waals surface area (Å²) in [5.74, 6) is -5.22. The predicted octanol–water partition coefficient (Wildman–Crippen LogP) is 4.46. The van der Waals surface area contributed by atoms with Crippen molar-refractivity contribution in [3.63, 3.8) is 0 Å². The fraction of sp³-hybridized carbons (Fsp3) is 0.610. The lowest BCUT2D eigenvalue weighted by atomic mass is 9.92. The van der Waals surface area contributed by atoms with E-state index >= 15 is 0 Å². The monoisotopic (exact) mass is 841 g/mol. The Morgan fingerprint density at radius 2 is 1.86 bits per heavy atom. The van der Waals surface area contributed by atoms with Crippen LogP contribution < -0.4 is 14.8 Å². The number of hydrogen-bond donors (Lipinski definition) is 2. The zero-order valence-corrected chi connectivity index (χ0v) is 35.0. The number of carbonyl (C=O) groups is 5. The van der Waals surface area contributed by atoms with Crippen LogP contribution in [0.4, 0.5) is 4.39 Å². The van der Waals surface area contributed by atoms with Crippen molar-refractivity contribution >= 4 is 51.0 Å². The Labute approximate surface area is 342 Å². The molecule has 0 spiro atoms. The number of rotatable bonds is 9. The summed E-state index contributed by atoms with van der Waals surface area (Å²) < 4.78 is 53.1. The van der Waals surface area contributed by atoms with Crippen LogP contribution in [-0.2, 0) is 33.9 Å². The minimum Gasteiger partial charge on any atom is -0.494 e. The fourth-order valence-corrected chi connectivity index (χ4v) is 10.5. The first-order valence-corrected chi connectivity index (χ1v) is 22.5. The van der Waals surface area contributed by atoms with E-state index in [-0.39, 0.29) is 73.7 Å². The van der Waals surface area contributed by atoms with Gasteiger partial charge < -0.3 is 24.6 Å². The molecule has 14 nitrogen and oxygen atoms in total. The summed E-state index contributed by atoms with van der Waals surface area (Å²) in [6, 6.07) is 3.32. The standard InChI is InChI=1S/C41H52FN5O9S2/c1-40(2,3)23-56-33(48)17-25-10-8-6-5-7-9-11-27-18-41(27,39(52)45-58(53,54)28-13-14-28)44-35(49)34-29-21-46(19-26(29)20-47(34)37(25)50)38(51)31-22-57-36(43-31)24-12-15-32(55-4)30(42)16-24/h9,11-12,15-16,22,25-29,34H,5-8,10,13-14,17-21,23H2,1-4H3,(H,44,49)(H,45,52)/b11-9-/t25-,26+,27-,29+,34+,41-/m1/s1. The molecule has 2 saturated heterocycles. The highest BCUT2D eigenvalue weighted by atomic mass is 32.2. The van der Waals surface area contributed by atoms with E-state index in [1.807, 2.05) is 32.9 Å². The van der Waals surface area contributed by atoms with Crippen molar-refractivity contribution in [3.05, 3.63) is 47.2 Å². The number of ether oxygens (including phenoxy) is 2. The molecular formula is C41H52FN5O9S2. The van der Waals surface area contributed by atoms with Crippen molar-refractivity contribution < 1.29 is 46.3 Å². The van der Waals surface area contributed by atoms with Crippen LogP contribution >= 0.6 is 11.3 Å². The molecule has 0 bridgehead atoms. The van der Waals surface area contributed by atoms with E-state index in [1.165, 1.54) is 35.5 Å². The van der Waals surface area contributed by atoms with Gasteiger partial charge in [0.1, 0.15) is 22.3 Å². The highest BCUT2D eigenvalue weighted by molar-refractivity contribution is 7.91. The third kappa shape index (κ3) is 8.94. The van der Waals surface area contributed by atoms with Crippen molar-refractivity contribution in [3.8, 4) is 16.3 Å². The quantitative estimate of drug-likeness (QED) is 0.271. The zero-order chi connectivity index (χ0) is 41.6. The van der Waals surface area contributed by atoms with Crippen LogP contribution in [-0.4, -0.2) is 103 Å². The second kappa shape index (κ2) is 16.3. The van der Waals surface area contributed by atoms with Crippen molar-refractivity contribution in [2.45, 2.75) is 95.4 Å². The molecule has 5 aliphatic rings. The van der Waals surface area contributed by atoms with E-state index in [0.29, 0.717) is 42.7 Å². The number of allylic oxidation sites excluding steroid dienone is 1. The number of likely N-dealkylation sites (tertiary alicyclic amines) is 1. The van der Waals surface area contributed by atoms with Crippen molar-refractivity contribution in [1.29, 1.82) is 0 Å². The number of nitrogens with one attached hydrogen (secondary N) is 2. The smallest absolute Gasteiger partial charge is 0.306 e. The maximum atomic E-state index is 14.7. The Kier molecular flexibility index (Phi) is 11.8. The zero-order valence-electron chi connectivity index (χ0n) is 33.3. The average Bonchev–Trinajstić information content (AvgIpc) is 3.99. The van der Waals surface area contributed by atoms with Crippen LogP contribution in [0.15, 0.2) is 35.7 Å². The van der Waals surface area contributed by atoms with Crippen molar-refractivity contribution in [2.24, 2.45) is 29.1 Å². The van der Waals surface area contributed by atoms with Gasteiger partial charge in [-0.1, -0.05) is 45.8 Å². The van der Waals surface area contributed by atoms with E-state index in [9.17, 15) is 36.8 Å². The molecule has 1 aromatic heterocycles. The first-order valence-electron chi connectivity index (χ1n) is 20.1. The normalized spacial score (nSPS) is 28.3. The number of amides is 4. The lowest BCUT2D eigenvalue weighted by molar-refractivity contribution is -0.152. The van der Waals surface area contributed by atoms with Gasteiger partial charge >= 0.3 is 5.97 Å². The summed E-state index contributed by atoms with van der Waals surface area (Å²) in [4.78, 5) is 77.9. The van der Waals surface area contributed by atoms with Gasteiger partial charge in [0.05, 0.1) is 25.4 Å². The number of halogens is 1. The minimum absolute atomic E-state index is 0.0837. The Balaban J connectivity index is 1.16. The largest absolute Gasteiger partial charge is 0.494 e. The van der Waals surface area contributed by atoms with Crippen LogP contribution in [0.5, 0.6) is 5.75 Å². The van der Waals surface area contributed by atoms with Crippen LogP contribution in [0.2, 0.25) is 0 Å². The van der Waals surface area contributed by atoms with E-state index in [0.717, 1.165) is 12.8 Å². The highest BCUT2D eigenvalue weighted by Gasteiger charge is 2.63. The van der Waals surface area contributed by atoms with Gasteiger partial charge in [-0.05, 0) is 62.1 Å². The first-order chi connectivity index (χ1) is 27.5. The Morgan fingerprint density at radius 1 is 1.09 bits per heavy atom. The minimum atomic E-state index is -3.93. The van der Waals surface area contributed by atoms with Gasteiger partial charge in [-0.25, -0.2) is 17.8 Å². The number of sulfonamides is 1. The number of nitrogens with zero attached hydrogens (tertiary/aromatic N) is 3. The van der Waals surface area contributed by atoms with Gasteiger partial charge in [-0.3, -0.25) is 28.7 Å². The molecule has 2 saturated carbocycles. The topological polar surface area (TPSA) is 181 Å². The van der Waals surface area contributed by atoms with Crippen LogP contribution in [0, 0.1) is 34.9 Å². The Hall–Kier alpha value is -4.38. The molecule has 2 aliphatic carbocycles. The van der Waals surface area contributed by atoms with E-state index in [1.54, 1.807) is 16.3 Å². The number of benzene rings is 1. The Morgan fingerprint density at radius 3 is 2.57 bits per heavy atom. The molecular weight excluding hydrogens is 790 g/mol. The molecule has 2 N–H and O–H groups in total. The second-order valence-corrected chi connectivity index (χ2v) is 20.4. The second-order valence-electron chi connectivity index (χ2n) is 17.6. The fourth-order valence-electron chi connectivity index (χ4n) is 8.39. The highest BCUT2D eigenvalue weighted by Crippen LogP contribution is 2.47. The molecule has 17 heteroatoms. The lowest BCUT2D eigenvalue weighted by Gasteiger charge is -2.32. The predicted molar refractivity (Wildman–Crippen MR) is 212 cm³/mol. The number of methoxy groups -OCH3 is 1. The van der Waals surface area contributed by atoms with Crippen molar-refractivity contribution in [1.82, 2.24) is 24.8 Å². The third-order valence-corrected chi connectivity index (χ3v) is 14.5. The molecule has 58 heavy (non-hydrogen) atoms. The van der Waals surface area contributed by atoms with Crippen molar-refractivity contribution in [2.75, 3.05) is 33.4 Å². The summed E-state index contributed by atoms with van der Waals surface area (Å²) in [5, 5.41) is 4.31. The van der Waals surface area contributed by atoms with Crippen LogP contribution in [0.1, 0.15) is 89.0 Å². The molecule has 1 aromatic carbocycles. The summed E-state index contributed by atoms with van der Waals surface area (Å²) in [5.41, 5.74) is -1.17. The van der Waals surface area contributed by atoms with E-state index in [4.69, 9.17) is 9.47 Å². The molecule has 4 amide bonds. The summed E-state index contributed by atoms with van der Waals surface area (Å²) in [6.07, 6.45) is 8.11. The van der Waals surface area contributed by atoms with Gasteiger partial charge in [0.25, 0.3) is 11.8 Å². The maximum absolute atomic E-state index is 14.7. The summed E-state index contributed by atoms with van der Waals surface area (Å²) >= 11 is 1.19. The third-order valence-electron chi connectivity index (χ3n) is 11.8. The number of hydrogen-bond acceptors (Lipinski definition) is 11. The van der Waals surface area contributed by atoms with Crippen LogP contribution in [0.25, 0.3) is 10.6 Å². The molecule has 0 unspecified atom stereocenters. The van der Waals surface area contributed by atoms with Gasteiger partial charge in [-0.2, -0.15) is 0 Å². The number of thiazole rings is 1. The first kappa shape index (κ1) is 41.8. The summed E-state index contributed by atoms with van der Waals surface area (Å²) in [7, 11) is -2.56. The molecule has 4 heterocycles. The SMILES string of the molecule is COc1ccc(-c2nc(C(=O)N3C[C@H]4CN5C(=O)[C@@H](CC(=O)OCC(C)(C)C)CCCCC/C=C\[C@@H]6C[C@@]6(C(=O)NS(=O)(=O)C6CC6)NC(=O)[C@@H]5[C@H]4C3)cs2)cc1F. The van der Waals surface area contributed by atoms with Gasteiger partial charge in [0.15, 0.2) is 11.6 Å². The maximum Gasteiger partial charge on any atom is 0.306 e. The molecule has 3 aliphatic heterocycles. The number of carbonyl (C=O) groups excluding carboxylic acids is 5. The molecule has 314 valence electrons. The average molecular weight is 842 g/mol. The van der Waals surface area contributed by atoms with Gasteiger partial charge in [0.2, 0.25) is 21.8 Å². The molecule has 0 radical (unpaired) electrons. The van der Waals surface area contributed by atoms with E-state index < -0.39 is 68.2 Å². The molecule has 2 aromatic rings. The molecule has 4 fully saturated rings. The lowest BCUT2D eigenvalue weighted by Crippen LogP contribution is -2.58. The number of fused-ring (bicyclic) bond motifs is 4. The van der Waals surface area contributed by atoms with Gasteiger partial charge in [-0.15, -0.1) is 11.3 Å². The number of aromatic nitrogens is 1. The number of esters is 1. The summed E-state index contributed by atoms with van der Waals surface area (Å²) in [6.45, 7) is 6.46.